The van der Waals surface area contributed by atoms with Crippen molar-refractivity contribution in [3.63, 3.8) is 0 Å². The van der Waals surface area contributed by atoms with E-state index in [1.54, 1.807) is 0 Å². The van der Waals surface area contributed by atoms with Gasteiger partial charge in [0.25, 0.3) is 0 Å². The molecule has 0 aromatic carbocycles. The molecule has 0 spiro atoms. The van der Waals surface area contributed by atoms with Gasteiger partial charge in [-0.2, -0.15) is 0 Å². The van der Waals surface area contributed by atoms with Crippen molar-refractivity contribution in [3.05, 3.63) is 0 Å². The number of amides is 1. The lowest BCUT2D eigenvalue weighted by atomic mass is 10.0. The Morgan fingerprint density at radius 1 is 1.27 bits per heavy atom. The molecular formula is C12H19NO2. The van der Waals surface area contributed by atoms with E-state index in [9.17, 15) is 9.90 Å². The Balaban J connectivity index is 1.40. The topological polar surface area (TPSA) is 49.3 Å². The second kappa shape index (κ2) is 3.48. The molecular weight excluding hydrogens is 190 g/mol. The van der Waals surface area contributed by atoms with E-state index in [2.05, 4.69) is 5.32 Å². The van der Waals surface area contributed by atoms with Crippen molar-refractivity contribution in [2.24, 2.45) is 23.7 Å². The SMILES string of the molecule is O=C(NCC(O)C1CC1)C1CC2CC2C1. The van der Waals surface area contributed by atoms with Crippen LogP contribution in [0.25, 0.3) is 0 Å². The van der Waals surface area contributed by atoms with E-state index < -0.39 is 0 Å². The Morgan fingerprint density at radius 2 is 1.93 bits per heavy atom. The molecule has 3 aliphatic carbocycles. The number of hydrogen-bond acceptors (Lipinski definition) is 2. The summed E-state index contributed by atoms with van der Waals surface area (Å²) in [7, 11) is 0. The van der Waals surface area contributed by atoms with Crippen LogP contribution in [0.15, 0.2) is 0 Å². The van der Waals surface area contributed by atoms with Crippen LogP contribution in [-0.4, -0.2) is 23.7 Å². The summed E-state index contributed by atoms with van der Waals surface area (Å²) in [6.45, 7) is 0.468. The fourth-order valence-corrected chi connectivity index (χ4v) is 2.93. The average molecular weight is 209 g/mol. The Bertz CT molecular complexity index is 265. The van der Waals surface area contributed by atoms with E-state index in [1.807, 2.05) is 0 Å². The molecule has 2 N–H and O–H groups in total. The lowest BCUT2D eigenvalue weighted by Gasteiger charge is -2.14. The summed E-state index contributed by atoms with van der Waals surface area (Å²) in [5, 5.41) is 12.5. The van der Waals surface area contributed by atoms with Crippen molar-refractivity contribution in [2.45, 2.75) is 38.2 Å². The smallest absolute Gasteiger partial charge is 0.223 e. The minimum atomic E-state index is -0.301. The lowest BCUT2D eigenvalue weighted by Crippen LogP contribution is -2.36. The van der Waals surface area contributed by atoms with Crippen LogP contribution >= 0.6 is 0 Å². The quantitative estimate of drug-likeness (QED) is 0.723. The molecule has 84 valence electrons. The molecule has 0 aliphatic heterocycles. The number of nitrogens with one attached hydrogen (secondary N) is 1. The number of rotatable bonds is 4. The van der Waals surface area contributed by atoms with E-state index in [0.717, 1.165) is 37.5 Å². The highest BCUT2D eigenvalue weighted by atomic mass is 16.3. The zero-order valence-corrected chi connectivity index (χ0v) is 8.98. The maximum absolute atomic E-state index is 11.7. The summed E-state index contributed by atoms with van der Waals surface area (Å²) < 4.78 is 0. The summed E-state index contributed by atoms with van der Waals surface area (Å²) in [6, 6.07) is 0. The van der Waals surface area contributed by atoms with Gasteiger partial charge in [-0.25, -0.2) is 0 Å². The van der Waals surface area contributed by atoms with Crippen molar-refractivity contribution in [1.82, 2.24) is 5.32 Å². The van der Waals surface area contributed by atoms with Crippen molar-refractivity contribution < 1.29 is 9.90 Å². The van der Waals surface area contributed by atoms with Gasteiger partial charge in [-0.15, -0.1) is 0 Å². The van der Waals surface area contributed by atoms with Gasteiger partial charge >= 0.3 is 0 Å². The molecule has 3 rings (SSSR count). The predicted octanol–water partition coefficient (Wildman–Crippen LogP) is 0.920. The molecule has 3 saturated carbocycles. The standard InChI is InChI=1S/C12H19NO2/c14-11(7-1-2-7)6-13-12(15)10-4-8-3-9(8)5-10/h7-11,14H,1-6H2,(H,13,15). The zero-order valence-electron chi connectivity index (χ0n) is 8.98. The number of aliphatic hydroxyl groups is 1. The monoisotopic (exact) mass is 209 g/mol. The van der Waals surface area contributed by atoms with Crippen LogP contribution in [0.3, 0.4) is 0 Å². The number of aliphatic hydroxyl groups excluding tert-OH is 1. The molecule has 3 nitrogen and oxygen atoms in total. The van der Waals surface area contributed by atoms with E-state index in [4.69, 9.17) is 0 Å². The molecule has 3 unspecified atom stereocenters. The molecule has 0 heterocycles. The summed E-state index contributed by atoms with van der Waals surface area (Å²) >= 11 is 0. The minimum absolute atomic E-state index is 0.182. The third kappa shape index (κ3) is 2.03. The first-order chi connectivity index (χ1) is 7.24. The molecule has 3 heteroatoms. The van der Waals surface area contributed by atoms with Crippen molar-refractivity contribution in [1.29, 1.82) is 0 Å². The van der Waals surface area contributed by atoms with Crippen LogP contribution in [0.1, 0.15) is 32.1 Å². The van der Waals surface area contributed by atoms with Crippen LogP contribution in [0, 0.1) is 23.7 Å². The summed E-state index contributed by atoms with van der Waals surface area (Å²) in [6.07, 6.45) is 5.50. The van der Waals surface area contributed by atoms with Crippen molar-refractivity contribution in [2.75, 3.05) is 6.54 Å². The van der Waals surface area contributed by atoms with Crippen molar-refractivity contribution >= 4 is 5.91 Å². The Kier molecular flexibility index (Phi) is 2.23. The van der Waals surface area contributed by atoms with Crippen LogP contribution in [0.5, 0.6) is 0 Å². The molecule has 3 atom stereocenters. The van der Waals surface area contributed by atoms with E-state index in [-0.39, 0.29) is 17.9 Å². The first-order valence-electron chi connectivity index (χ1n) is 6.20. The highest BCUT2D eigenvalue weighted by Gasteiger charge is 2.48. The molecule has 0 radical (unpaired) electrons. The lowest BCUT2D eigenvalue weighted by molar-refractivity contribution is -0.125. The number of hydrogen-bond donors (Lipinski definition) is 2. The molecule has 0 saturated heterocycles. The largest absolute Gasteiger partial charge is 0.391 e. The number of carbonyl (C=O) groups is 1. The van der Waals surface area contributed by atoms with E-state index in [1.165, 1.54) is 6.42 Å². The molecule has 3 fully saturated rings. The van der Waals surface area contributed by atoms with Gasteiger partial charge in [0.05, 0.1) is 6.10 Å². The third-order valence-electron chi connectivity index (χ3n) is 4.27. The van der Waals surface area contributed by atoms with Crippen molar-refractivity contribution in [3.8, 4) is 0 Å². The van der Waals surface area contributed by atoms with Crippen LogP contribution in [-0.2, 0) is 4.79 Å². The molecule has 1 amide bonds. The number of fused-ring (bicyclic) bond motifs is 1. The summed E-state index contributed by atoms with van der Waals surface area (Å²) in [5.41, 5.74) is 0. The van der Waals surface area contributed by atoms with Gasteiger partial charge in [-0.1, -0.05) is 0 Å². The molecule has 0 aromatic heterocycles. The van der Waals surface area contributed by atoms with Crippen LogP contribution < -0.4 is 5.32 Å². The molecule has 0 bridgehead atoms. The van der Waals surface area contributed by atoms with Gasteiger partial charge in [0.2, 0.25) is 5.91 Å². The second-order valence-electron chi connectivity index (χ2n) is 5.57. The third-order valence-corrected chi connectivity index (χ3v) is 4.27. The predicted molar refractivity (Wildman–Crippen MR) is 56.1 cm³/mol. The normalized spacial score (nSPS) is 39.7. The summed E-state index contributed by atoms with van der Waals surface area (Å²) in [4.78, 5) is 11.7. The fourth-order valence-electron chi connectivity index (χ4n) is 2.93. The first-order valence-corrected chi connectivity index (χ1v) is 6.20. The minimum Gasteiger partial charge on any atom is -0.391 e. The molecule has 0 aromatic rings. The van der Waals surface area contributed by atoms with Gasteiger partial charge in [-0.3, -0.25) is 4.79 Å². The van der Waals surface area contributed by atoms with Gasteiger partial charge in [-0.05, 0) is 49.9 Å². The van der Waals surface area contributed by atoms with Crippen LogP contribution in [0.4, 0.5) is 0 Å². The fraction of sp³-hybridized carbons (Fsp3) is 0.917. The highest BCUT2D eigenvalue weighted by molar-refractivity contribution is 5.79. The number of carbonyl (C=O) groups excluding carboxylic acids is 1. The second-order valence-corrected chi connectivity index (χ2v) is 5.57. The summed E-state index contributed by atoms with van der Waals surface area (Å²) in [5.74, 6) is 2.60. The van der Waals surface area contributed by atoms with Crippen LogP contribution in [0.2, 0.25) is 0 Å². The van der Waals surface area contributed by atoms with E-state index in [0.29, 0.717) is 12.5 Å². The maximum Gasteiger partial charge on any atom is 0.223 e. The zero-order chi connectivity index (χ0) is 10.4. The first kappa shape index (κ1) is 9.64. The maximum atomic E-state index is 11.7. The van der Waals surface area contributed by atoms with Gasteiger partial charge in [0, 0.05) is 12.5 Å². The van der Waals surface area contributed by atoms with Gasteiger partial charge in [0.15, 0.2) is 0 Å². The molecule has 3 aliphatic rings. The molecule has 15 heavy (non-hydrogen) atoms. The Labute approximate surface area is 90.2 Å². The average Bonchev–Trinajstić information content (AvgIpc) is 3.14. The van der Waals surface area contributed by atoms with Gasteiger partial charge < -0.3 is 10.4 Å². The Morgan fingerprint density at radius 3 is 2.53 bits per heavy atom. The van der Waals surface area contributed by atoms with E-state index >= 15 is 0 Å². The Hall–Kier alpha value is -0.570. The highest BCUT2D eigenvalue weighted by Crippen LogP contribution is 2.54. The van der Waals surface area contributed by atoms with Gasteiger partial charge in [0.1, 0.15) is 0 Å².